The van der Waals surface area contributed by atoms with Crippen molar-refractivity contribution in [2.45, 2.75) is 38.9 Å². The van der Waals surface area contributed by atoms with E-state index in [4.69, 9.17) is 27.6 Å². The van der Waals surface area contributed by atoms with Gasteiger partial charge in [0.05, 0.1) is 6.54 Å². The van der Waals surface area contributed by atoms with Crippen molar-refractivity contribution in [2.24, 2.45) is 0 Å². The van der Waals surface area contributed by atoms with Crippen LogP contribution in [0.2, 0.25) is 10.0 Å². The first-order chi connectivity index (χ1) is 15.0. The van der Waals surface area contributed by atoms with Crippen LogP contribution in [0.5, 0.6) is 0 Å². The van der Waals surface area contributed by atoms with E-state index in [2.05, 4.69) is 28.9 Å². The molecule has 1 aliphatic heterocycles. The first-order valence-corrected chi connectivity index (χ1v) is 11.2. The van der Waals surface area contributed by atoms with Crippen LogP contribution in [0.4, 0.5) is 0 Å². The van der Waals surface area contributed by atoms with Crippen molar-refractivity contribution in [3.63, 3.8) is 0 Å². The second kappa shape index (κ2) is 9.86. The van der Waals surface area contributed by atoms with Crippen LogP contribution in [0, 0.1) is 0 Å². The maximum atomic E-state index is 12.6. The van der Waals surface area contributed by atoms with Gasteiger partial charge in [0.2, 0.25) is 5.89 Å². The van der Waals surface area contributed by atoms with Crippen molar-refractivity contribution in [3.05, 3.63) is 87.6 Å². The Bertz CT molecular complexity index is 1030. The van der Waals surface area contributed by atoms with Gasteiger partial charge in [0, 0.05) is 35.7 Å². The molecular weight excluding hydrogens is 433 g/mol. The van der Waals surface area contributed by atoms with Gasteiger partial charge >= 0.3 is 0 Å². The fourth-order valence-electron chi connectivity index (χ4n) is 3.88. The smallest absolute Gasteiger partial charge is 0.275 e. The van der Waals surface area contributed by atoms with E-state index in [-0.39, 0.29) is 11.9 Å². The molecule has 0 radical (unpaired) electrons. The van der Waals surface area contributed by atoms with Gasteiger partial charge in [0.25, 0.3) is 5.91 Å². The molecule has 3 aromatic rings. The number of aromatic nitrogens is 1. The molecule has 1 amide bonds. The highest BCUT2D eigenvalue weighted by Gasteiger charge is 2.24. The summed E-state index contributed by atoms with van der Waals surface area (Å²) in [6, 6.07) is 15.9. The van der Waals surface area contributed by atoms with Crippen LogP contribution in [0.1, 0.15) is 53.3 Å². The van der Waals surface area contributed by atoms with Gasteiger partial charge in [0.1, 0.15) is 6.26 Å². The number of amides is 1. The van der Waals surface area contributed by atoms with Gasteiger partial charge < -0.3 is 9.32 Å². The normalized spacial score (nSPS) is 14.9. The third kappa shape index (κ3) is 5.29. The molecule has 1 aromatic heterocycles. The Morgan fingerprint density at radius 3 is 2.58 bits per heavy atom. The van der Waals surface area contributed by atoms with Gasteiger partial charge in [-0.1, -0.05) is 59.6 Å². The predicted octanol–water partition coefficient (Wildman–Crippen LogP) is 5.98. The summed E-state index contributed by atoms with van der Waals surface area (Å²) in [6.07, 6.45) is 3.55. The fraction of sp³-hybridized carbons (Fsp3) is 0.333. The molecule has 162 valence electrons. The molecule has 0 spiro atoms. The summed E-state index contributed by atoms with van der Waals surface area (Å²) in [6.45, 7) is 4.74. The van der Waals surface area contributed by atoms with Gasteiger partial charge in [-0.05, 0) is 43.0 Å². The Labute approximate surface area is 192 Å². The van der Waals surface area contributed by atoms with Crippen molar-refractivity contribution < 1.29 is 9.21 Å². The van der Waals surface area contributed by atoms with Crippen molar-refractivity contribution in [2.75, 3.05) is 13.1 Å². The van der Waals surface area contributed by atoms with Crippen LogP contribution in [-0.4, -0.2) is 33.8 Å². The number of carbonyl (C=O) groups excluding carboxylic acids is 1. The van der Waals surface area contributed by atoms with Crippen molar-refractivity contribution in [1.29, 1.82) is 0 Å². The lowest BCUT2D eigenvalue weighted by molar-refractivity contribution is 0.0787. The van der Waals surface area contributed by atoms with Crippen LogP contribution in [0.3, 0.4) is 0 Å². The highest BCUT2D eigenvalue weighted by Crippen LogP contribution is 2.28. The Balaban J connectivity index is 1.56. The van der Waals surface area contributed by atoms with E-state index in [0.29, 0.717) is 34.7 Å². The molecular formula is C24H25Cl2N3O2. The van der Waals surface area contributed by atoms with E-state index in [1.807, 2.05) is 35.2 Å². The number of carbonyl (C=O) groups is 1. The van der Waals surface area contributed by atoms with Gasteiger partial charge in [-0.15, -0.1) is 0 Å². The summed E-state index contributed by atoms with van der Waals surface area (Å²) in [7, 11) is 0. The number of hydrogen-bond donors (Lipinski definition) is 0. The molecule has 4 rings (SSSR count). The third-order valence-electron chi connectivity index (χ3n) is 5.72. The average Bonchev–Trinajstić information content (AvgIpc) is 3.47. The van der Waals surface area contributed by atoms with Crippen molar-refractivity contribution in [1.82, 2.24) is 14.8 Å². The van der Waals surface area contributed by atoms with Gasteiger partial charge in [-0.25, -0.2) is 4.98 Å². The van der Waals surface area contributed by atoms with E-state index in [0.717, 1.165) is 31.5 Å². The average molecular weight is 458 g/mol. The molecule has 2 heterocycles. The SMILES string of the molecule is CC(c1ccccc1)N(Cc1nc(C(=O)N2CCCC2)co1)Cc1ccc(Cl)cc1Cl. The van der Waals surface area contributed by atoms with Crippen molar-refractivity contribution in [3.8, 4) is 0 Å². The van der Waals surface area contributed by atoms with Crippen LogP contribution in [0.15, 0.2) is 59.2 Å². The Morgan fingerprint density at radius 2 is 1.87 bits per heavy atom. The highest BCUT2D eigenvalue weighted by molar-refractivity contribution is 6.35. The molecule has 1 atom stereocenters. The zero-order valence-corrected chi connectivity index (χ0v) is 18.9. The van der Waals surface area contributed by atoms with E-state index >= 15 is 0 Å². The molecule has 1 saturated heterocycles. The van der Waals surface area contributed by atoms with Crippen molar-refractivity contribution >= 4 is 29.1 Å². The predicted molar refractivity (Wildman–Crippen MR) is 122 cm³/mol. The maximum Gasteiger partial charge on any atom is 0.275 e. The summed E-state index contributed by atoms with van der Waals surface area (Å²) in [5.41, 5.74) is 2.51. The number of benzene rings is 2. The second-order valence-corrected chi connectivity index (χ2v) is 8.70. The second-order valence-electron chi connectivity index (χ2n) is 7.85. The largest absolute Gasteiger partial charge is 0.447 e. The molecule has 0 saturated carbocycles. The Kier molecular flexibility index (Phi) is 6.96. The number of nitrogens with zero attached hydrogens (tertiary/aromatic N) is 3. The molecule has 1 fully saturated rings. The first kappa shape index (κ1) is 21.9. The molecule has 0 aliphatic carbocycles. The van der Waals surface area contributed by atoms with Gasteiger partial charge in [0.15, 0.2) is 5.69 Å². The Hall–Kier alpha value is -2.34. The molecule has 0 bridgehead atoms. The lowest BCUT2D eigenvalue weighted by Gasteiger charge is -2.28. The van der Waals surface area contributed by atoms with E-state index in [1.165, 1.54) is 11.8 Å². The number of halogens is 2. The summed E-state index contributed by atoms with van der Waals surface area (Å²) in [5.74, 6) is 0.450. The first-order valence-electron chi connectivity index (χ1n) is 10.5. The standard InChI is InChI=1S/C24H25Cl2N3O2/c1-17(18-7-3-2-4-8-18)29(14-19-9-10-20(25)13-21(19)26)15-23-27-22(16-31-23)24(30)28-11-5-6-12-28/h2-4,7-10,13,16-17H,5-6,11-12,14-15H2,1H3. The third-order valence-corrected chi connectivity index (χ3v) is 6.31. The minimum Gasteiger partial charge on any atom is -0.447 e. The van der Waals surface area contributed by atoms with E-state index < -0.39 is 0 Å². The van der Waals surface area contributed by atoms with Gasteiger partial charge in [-0.2, -0.15) is 0 Å². The summed E-state index contributed by atoms with van der Waals surface area (Å²) in [5, 5.41) is 1.23. The molecule has 5 nitrogen and oxygen atoms in total. The molecule has 2 aromatic carbocycles. The zero-order valence-electron chi connectivity index (χ0n) is 17.4. The van der Waals surface area contributed by atoms with Crippen LogP contribution in [-0.2, 0) is 13.1 Å². The molecule has 7 heteroatoms. The zero-order chi connectivity index (χ0) is 21.8. The lowest BCUT2D eigenvalue weighted by Crippen LogP contribution is -2.28. The van der Waals surface area contributed by atoms with Gasteiger partial charge in [-0.3, -0.25) is 9.69 Å². The quantitative estimate of drug-likeness (QED) is 0.437. The van der Waals surface area contributed by atoms with E-state index in [1.54, 1.807) is 6.07 Å². The summed E-state index contributed by atoms with van der Waals surface area (Å²) >= 11 is 12.5. The lowest BCUT2D eigenvalue weighted by atomic mass is 10.1. The minimum atomic E-state index is -0.0593. The van der Waals surface area contributed by atoms with E-state index in [9.17, 15) is 4.79 Å². The molecule has 1 aliphatic rings. The summed E-state index contributed by atoms with van der Waals surface area (Å²) < 4.78 is 5.69. The minimum absolute atomic E-state index is 0.0593. The monoisotopic (exact) mass is 457 g/mol. The summed E-state index contributed by atoms with van der Waals surface area (Å²) in [4.78, 5) is 21.2. The van der Waals surface area contributed by atoms with Crippen LogP contribution < -0.4 is 0 Å². The maximum absolute atomic E-state index is 12.6. The molecule has 31 heavy (non-hydrogen) atoms. The molecule has 1 unspecified atom stereocenters. The van der Waals surface area contributed by atoms with Crippen LogP contribution >= 0.6 is 23.2 Å². The Morgan fingerprint density at radius 1 is 1.13 bits per heavy atom. The number of hydrogen-bond acceptors (Lipinski definition) is 4. The number of rotatable bonds is 7. The highest BCUT2D eigenvalue weighted by atomic mass is 35.5. The van der Waals surface area contributed by atoms with Crippen LogP contribution in [0.25, 0.3) is 0 Å². The topological polar surface area (TPSA) is 49.6 Å². The number of likely N-dealkylation sites (tertiary alicyclic amines) is 1. The fourth-order valence-corrected chi connectivity index (χ4v) is 4.35. The number of oxazole rings is 1. The molecule has 0 N–H and O–H groups in total.